The first-order valence-electron chi connectivity index (χ1n) is 8.74. The molecule has 26 heavy (non-hydrogen) atoms. The normalized spacial score (nSPS) is 14.8. The number of anilines is 2. The molecule has 8 heteroatoms. The zero-order valence-corrected chi connectivity index (χ0v) is 16.3. The maximum atomic E-state index is 12.2. The van der Waals surface area contributed by atoms with Gasteiger partial charge in [-0.1, -0.05) is 54.5 Å². The van der Waals surface area contributed by atoms with E-state index in [-0.39, 0.29) is 17.4 Å². The Hall–Kier alpha value is -1.93. The van der Waals surface area contributed by atoms with Crippen molar-refractivity contribution in [2.24, 2.45) is 0 Å². The molecule has 1 fully saturated rings. The molecule has 0 bridgehead atoms. The molecule has 1 saturated carbocycles. The number of carbonyl (C=O) groups excluding carboxylic acids is 2. The third-order valence-electron chi connectivity index (χ3n) is 4.25. The molecule has 1 aromatic heterocycles. The Kier molecular flexibility index (Phi) is 6.62. The highest BCUT2D eigenvalue weighted by atomic mass is 32.2. The molecule has 0 saturated heterocycles. The third kappa shape index (κ3) is 5.28. The van der Waals surface area contributed by atoms with Gasteiger partial charge in [-0.25, -0.2) is 0 Å². The summed E-state index contributed by atoms with van der Waals surface area (Å²) in [5.74, 6) is -0.0126. The molecule has 1 amide bonds. The monoisotopic (exact) mass is 390 g/mol. The van der Waals surface area contributed by atoms with Crippen LogP contribution in [-0.4, -0.2) is 33.7 Å². The van der Waals surface area contributed by atoms with Gasteiger partial charge in [0.25, 0.3) is 0 Å². The number of hydrogen-bond donors (Lipinski definition) is 2. The van der Waals surface area contributed by atoms with E-state index in [0.717, 1.165) is 9.47 Å². The molecule has 138 valence electrons. The van der Waals surface area contributed by atoms with Crippen molar-refractivity contribution in [3.8, 4) is 0 Å². The number of nitrogens with one attached hydrogen (secondary N) is 2. The molecule has 0 atom stereocenters. The van der Waals surface area contributed by atoms with Gasteiger partial charge in [-0.3, -0.25) is 9.59 Å². The second kappa shape index (κ2) is 9.14. The average molecular weight is 391 g/mol. The highest BCUT2D eigenvalue weighted by molar-refractivity contribution is 8.01. The van der Waals surface area contributed by atoms with Crippen LogP contribution in [-0.2, 0) is 4.79 Å². The van der Waals surface area contributed by atoms with Gasteiger partial charge < -0.3 is 10.6 Å². The van der Waals surface area contributed by atoms with Gasteiger partial charge in [0.05, 0.1) is 11.4 Å². The Bertz CT molecular complexity index is 772. The highest BCUT2D eigenvalue weighted by Crippen LogP contribution is 2.28. The summed E-state index contributed by atoms with van der Waals surface area (Å²) in [4.78, 5) is 23.8. The lowest BCUT2D eigenvalue weighted by Gasteiger charge is -2.21. The van der Waals surface area contributed by atoms with Gasteiger partial charge in [-0.15, -0.1) is 10.2 Å². The van der Waals surface area contributed by atoms with E-state index in [2.05, 4.69) is 20.8 Å². The number of Topliss-reactive ketones (excluding diaryl/α,β-unsaturated/α-hetero) is 1. The molecule has 1 heterocycles. The van der Waals surface area contributed by atoms with E-state index in [9.17, 15) is 9.59 Å². The van der Waals surface area contributed by atoms with Crippen molar-refractivity contribution in [1.82, 2.24) is 10.2 Å². The number of carbonyl (C=O) groups is 2. The fourth-order valence-corrected chi connectivity index (χ4v) is 4.59. The molecule has 6 nitrogen and oxygen atoms in total. The minimum absolute atomic E-state index is 0.0731. The quantitative estimate of drug-likeness (QED) is 0.544. The second-order valence-corrected chi connectivity index (χ2v) is 8.49. The fourth-order valence-electron chi connectivity index (χ4n) is 2.96. The summed E-state index contributed by atoms with van der Waals surface area (Å²) in [6, 6.07) is 7.50. The molecule has 0 spiro atoms. The number of amides is 1. The van der Waals surface area contributed by atoms with Gasteiger partial charge in [-0.2, -0.15) is 0 Å². The van der Waals surface area contributed by atoms with E-state index >= 15 is 0 Å². The number of ketones is 1. The van der Waals surface area contributed by atoms with Crippen LogP contribution >= 0.6 is 23.1 Å². The van der Waals surface area contributed by atoms with Crippen LogP contribution in [0.2, 0.25) is 0 Å². The first-order chi connectivity index (χ1) is 12.6. The Labute approximate surface area is 161 Å². The number of hydrogen-bond acceptors (Lipinski definition) is 7. The van der Waals surface area contributed by atoms with E-state index in [1.54, 1.807) is 24.3 Å². The molecule has 1 aliphatic rings. The predicted molar refractivity (Wildman–Crippen MR) is 106 cm³/mol. The number of aromatic nitrogens is 2. The van der Waals surface area contributed by atoms with Crippen molar-refractivity contribution < 1.29 is 9.59 Å². The number of rotatable bonds is 7. The van der Waals surface area contributed by atoms with Crippen molar-refractivity contribution in [3.63, 3.8) is 0 Å². The maximum absolute atomic E-state index is 12.2. The minimum atomic E-state index is -0.166. The summed E-state index contributed by atoms with van der Waals surface area (Å²) in [6.45, 7) is 1.49. The van der Waals surface area contributed by atoms with Crippen molar-refractivity contribution in [2.75, 3.05) is 16.4 Å². The summed E-state index contributed by atoms with van der Waals surface area (Å²) in [7, 11) is 0. The lowest BCUT2D eigenvalue weighted by atomic mass is 9.96. The van der Waals surface area contributed by atoms with Crippen LogP contribution < -0.4 is 10.6 Å². The molecular formula is C18H22N4O2S2. The summed E-state index contributed by atoms with van der Waals surface area (Å²) in [5.41, 5.74) is 1.06. The average Bonchev–Trinajstić information content (AvgIpc) is 3.08. The summed E-state index contributed by atoms with van der Waals surface area (Å²) in [6.07, 6.45) is 6.21. The van der Waals surface area contributed by atoms with Crippen LogP contribution in [0.15, 0.2) is 28.6 Å². The Morgan fingerprint density at radius 1 is 1.19 bits per heavy atom. The zero-order valence-electron chi connectivity index (χ0n) is 14.7. The first kappa shape index (κ1) is 18.8. The van der Waals surface area contributed by atoms with Crippen molar-refractivity contribution >= 4 is 45.6 Å². The first-order valence-corrected chi connectivity index (χ1v) is 10.5. The second-order valence-electron chi connectivity index (χ2n) is 6.29. The molecule has 0 unspecified atom stereocenters. The Morgan fingerprint density at radius 2 is 1.96 bits per heavy atom. The standard InChI is InChI=1S/C18H22N4O2S2/c1-12(23)14-9-5-6-10-15(14)20-16(24)11-25-18-22-21-17(26-18)19-13-7-3-2-4-8-13/h5-6,9-10,13H,2-4,7-8,11H2,1H3,(H,19,21)(H,20,24). The van der Waals surface area contributed by atoms with Crippen LogP contribution in [0.1, 0.15) is 49.4 Å². The Morgan fingerprint density at radius 3 is 2.73 bits per heavy atom. The summed E-state index contributed by atoms with van der Waals surface area (Å²) >= 11 is 2.83. The topological polar surface area (TPSA) is 84.0 Å². The molecule has 1 aliphatic carbocycles. The third-order valence-corrected chi connectivity index (χ3v) is 6.23. The van der Waals surface area contributed by atoms with Gasteiger partial charge in [0.2, 0.25) is 11.0 Å². The van der Waals surface area contributed by atoms with Gasteiger partial charge in [-0.05, 0) is 31.9 Å². The van der Waals surface area contributed by atoms with E-state index in [1.807, 2.05) is 0 Å². The van der Waals surface area contributed by atoms with Crippen LogP contribution in [0, 0.1) is 0 Å². The lowest BCUT2D eigenvalue weighted by molar-refractivity contribution is -0.113. The SMILES string of the molecule is CC(=O)c1ccccc1NC(=O)CSc1nnc(NC2CCCCC2)s1. The van der Waals surface area contributed by atoms with Crippen molar-refractivity contribution in [3.05, 3.63) is 29.8 Å². The molecule has 2 aromatic rings. The number of benzene rings is 1. The Balaban J connectivity index is 1.50. The summed E-state index contributed by atoms with van der Waals surface area (Å²) < 4.78 is 0.762. The van der Waals surface area contributed by atoms with Crippen LogP contribution in [0.25, 0.3) is 0 Å². The highest BCUT2D eigenvalue weighted by Gasteiger charge is 2.16. The fraction of sp³-hybridized carbons (Fsp3) is 0.444. The number of para-hydroxylation sites is 1. The van der Waals surface area contributed by atoms with Crippen LogP contribution in [0.4, 0.5) is 10.8 Å². The van der Waals surface area contributed by atoms with Crippen molar-refractivity contribution in [1.29, 1.82) is 0 Å². The lowest BCUT2D eigenvalue weighted by Crippen LogP contribution is -2.21. The van der Waals surface area contributed by atoms with E-state index in [0.29, 0.717) is 17.3 Å². The minimum Gasteiger partial charge on any atom is -0.357 e. The van der Waals surface area contributed by atoms with E-state index in [1.165, 1.54) is 62.1 Å². The molecule has 3 rings (SSSR count). The van der Waals surface area contributed by atoms with Crippen LogP contribution in [0.3, 0.4) is 0 Å². The molecular weight excluding hydrogens is 368 g/mol. The van der Waals surface area contributed by atoms with Crippen LogP contribution in [0.5, 0.6) is 0 Å². The molecule has 2 N–H and O–H groups in total. The van der Waals surface area contributed by atoms with Gasteiger partial charge in [0.1, 0.15) is 0 Å². The smallest absolute Gasteiger partial charge is 0.234 e. The van der Waals surface area contributed by atoms with E-state index in [4.69, 9.17) is 0 Å². The number of thioether (sulfide) groups is 1. The predicted octanol–water partition coefficient (Wildman–Crippen LogP) is 4.22. The largest absolute Gasteiger partial charge is 0.357 e. The van der Waals surface area contributed by atoms with Gasteiger partial charge >= 0.3 is 0 Å². The zero-order chi connectivity index (χ0) is 18.4. The molecule has 0 radical (unpaired) electrons. The van der Waals surface area contributed by atoms with Crippen molar-refractivity contribution in [2.45, 2.75) is 49.4 Å². The molecule has 0 aliphatic heterocycles. The van der Waals surface area contributed by atoms with E-state index < -0.39 is 0 Å². The van der Waals surface area contributed by atoms with Gasteiger partial charge in [0, 0.05) is 11.6 Å². The number of nitrogens with zero attached hydrogens (tertiary/aromatic N) is 2. The molecule has 1 aromatic carbocycles. The summed E-state index contributed by atoms with van der Waals surface area (Å²) in [5, 5.41) is 15.4. The van der Waals surface area contributed by atoms with Gasteiger partial charge in [0.15, 0.2) is 10.1 Å². The maximum Gasteiger partial charge on any atom is 0.234 e.